The maximum Gasteiger partial charge on any atom is 0.410 e. The second kappa shape index (κ2) is 12.8. The zero-order chi connectivity index (χ0) is 30.6. The summed E-state index contributed by atoms with van der Waals surface area (Å²) in [5.41, 5.74) is 9.29. The smallest absolute Gasteiger partial charge is 0.410 e. The molecule has 11 heteroatoms. The predicted octanol–water partition coefficient (Wildman–Crippen LogP) is 4.77. The molecule has 0 saturated carbocycles. The number of carbonyl (C=O) groups excluding carboxylic acids is 1. The number of ether oxygens (including phenoxy) is 1. The third-order valence-corrected chi connectivity index (χ3v) is 8.02. The summed E-state index contributed by atoms with van der Waals surface area (Å²) < 4.78 is 5.53. The van der Waals surface area contributed by atoms with Crippen LogP contribution >= 0.6 is 0 Å². The van der Waals surface area contributed by atoms with Crippen LogP contribution in [0.2, 0.25) is 0 Å². The number of nitrogens with two attached hydrogens (primary N) is 1. The van der Waals surface area contributed by atoms with E-state index >= 15 is 0 Å². The van der Waals surface area contributed by atoms with Gasteiger partial charge in [0.2, 0.25) is 0 Å². The largest absolute Gasteiger partial charge is 0.507 e. The highest BCUT2D eigenvalue weighted by Gasteiger charge is 2.28. The molecule has 0 spiro atoms. The van der Waals surface area contributed by atoms with Crippen molar-refractivity contribution in [3.8, 4) is 17.0 Å². The highest BCUT2D eigenvalue weighted by atomic mass is 16.6. The van der Waals surface area contributed by atoms with E-state index in [4.69, 9.17) is 15.5 Å². The lowest BCUT2D eigenvalue weighted by molar-refractivity contribution is 0.0205. The fourth-order valence-corrected chi connectivity index (χ4v) is 5.64. The number of amides is 1. The Balaban J connectivity index is 1.18. The van der Waals surface area contributed by atoms with Gasteiger partial charge in [-0.3, -0.25) is 4.99 Å². The van der Waals surface area contributed by atoms with Gasteiger partial charge in [0.25, 0.3) is 0 Å². The van der Waals surface area contributed by atoms with E-state index in [0.717, 1.165) is 50.3 Å². The molecule has 2 fully saturated rings. The Kier molecular flexibility index (Phi) is 8.98. The van der Waals surface area contributed by atoms with Crippen molar-refractivity contribution >= 4 is 23.4 Å². The van der Waals surface area contributed by atoms with E-state index in [9.17, 15) is 9.90 Å². The number of aliphatic imine (C=N–C) groups is 1. The number of piperidine rings is 2. The molecule has 228 valence electrons. The number of rotatable bonds is 6. The van der Waals surface area contributed by atoms with Gasteiger partial charge in [-0.25, -0.2) is 9.78 Å². The molecule has 5 rings (SSSR count). The minimum absolute atomic E-state index is 0.144. The Morgan fingerprint density at radius 3 is 2.40 bits per heavy atom. The number of hydrogen-bond acceptors (Lipinski definition) is 9. The number of phenolic OH excluding ortho intramolecular Hbond substituents is 1. The van der Waals surface area contributed by atoms with Crippen LogP contribution in [0.3, 0.4) is 0 Å². The Morgan fingerprint density at radius 2 is 1.77 bits per heavy atom. The first-order valence-corrected chi connectivity index (χ1v) is 15.0. The number of benzene rings is 1. The Hall–Kier alpha value is -4.41. The van der Waals surface area contributed by atoms with Gasteiger partial charge in [-0.1, -0.05) is 18.2 Å². The zero-order valence-electron chi connectivity index (χ0n) is 25.5. The van der Waals surface area contributed by atoms with Crippen LogP contribution in [0.4, 0.5) is 16.3 Å². The molecule has 2 aromatic heterocycles. The van der Waals surface area contributed by atoms with Crippen molar-refractivity contribution in [2.45, 2.75) is 64.0 Å². The minimum Gasteiger partial charge on any atom is -0.507 e. The summed E-state index contributed by atoms with van der Waals surface area (Å²) in [6.45, 7) is 8.79. The molecule has 0 bridgehead atoms. The van der Waals surface area contributed by atoms with Gasteiger partial charge in [0.05, 0.1) is 11.4 Å². The predicted molar refractivity (Wildman–Crippen MR) is 169 cm³/mol. The van der Waals surface area contributed by atoms with Crippen LogP contribution in [-0.4, -0.2) is 82.0 Å². The lowest BCUT2D eigenvalue weighted by atomic mass is 9.90. The van der Waals surface area contributed by atoms with Crippen molar-refractivity contribution in [2.24, 2.45) is 10.7 Å². The van der Waals surface area contributed by atoms with Crippen molar-refractivity contribution in [1.82, 2.24) is 20.1 Å². The molecule has 3 aromatic rings. The van der Waals surface area contributed by atoms with Gasteiger partial charge in [0.1, 0.15) is 23.0 Å². The monoisotopic (exact) mass is 586 g/mol. The molecule has 2 aliphatic heterocycles. The van der Waals surface area contributed by atoms with Crippen molar-refractivity contribution < 1.29 is 14.6 Å². The number of hydrogen-bond donors (Lipinski definition) is 3. The van der Waals surface area contributed by atoms with Crippen LogP contribution < -0.4 is 16.0 Å². The highest BCUT2D eigenvalue weighted by Crippen LogP contribution is 2.32. The number of amidine groups is 1. The Labute approximate surface area is 253 Å². The molecule has 11 nitrogen and oxygen atoms in total. The summed E-state index contributed by atoms with van der Waals surface area (Å²) in [5, 5.41) is 22.6. The van der Waals surface area contributed by atoms with Gasteiger partial charge in [-0.15, -0.1) is 10.2 Å². The van der Waals surface area contributed by atoms with Gasteiger partial charge in [-0.05, 0) is 82.2 Å². The van der Waals surface area contributed by atoms with Crippen molar-refractivity contribution in [3.63, 3.8) is 0 Å². The molecule has 2 saturated heterocycles. The number of aromatic nitrogens is 3. The number of para-hydroxylation sites is 1. The normalized spacial score (nSPS) is 17.2. The van der Waals surface area contributed by atoms with Gasteiger partial charge in [0, 0.05) is 51.0 Å². The van der Waals surface area contributed by atoms with Crippen LogP contribution in [0.5, 0.6) is 5.75 Å². The van der Waals surface area contributed by atoms with Crippen LogP contribution in [0.1, 0.15) is 63.6 Å². The molecule has 4 heterocycles. The number of aromatic hydroxyl groups is 1. The maximum atomic E-state index is 12.4. The standard InChI is InChI=1S/C32H42N8O3/c1-32(2,3)43-31(42)40-15-11-21(12-16-40)22-9-10-28(35-20-22)39-17-13-23(14-18-39)36-26-19-25(24-7-5-6-8-27(24)41)37-38-29(26)30(33)34-4/h5-10,19-21,23,41H,11-18H2,1-4H3,(H2,33,34)(H,36,37). The first-order valence-electron chi connectivity index (χ1n) is 15.0. The first-order chi connectivity index (χ1) is 20.6. The topological polar surface area (TPSA) is 142 Å². The third-order valence-electron chi connectivity index (χ3n) is 8.02. The fraction of sp³-hybridized carbons (Fsp3) is 0.469. The van der Waals surface area contributed by atoms with E-state index in [2.05, 4.69) is 37.5 Å². The van der Waals surface area contributed by atoms with E-state index in [1.165, 1.54) is 5.56 Å². The average molecular weight is 587 g/mol. The van der Waals surface area contributed by atoms with E-state index < -0.39 is 5.60 Å². The average Bonchev–Trinajstić information content (AvgIpc) is 3.01. The molecule has 0 radical (unpaired) electrons. The van der Waals surface area contributed by atoms with E-state index in [0.29, 0.717) is 41.8 Å². The van der Waals surface area contributed by atoms with Crippen molar-refractivity contribution in [2.75, 3.05) is 43.4 Å². The van der Waals surface area contributed by atoms with Crippen LogP contribution in [0.15, 0.2) is 53.7 Å². The second-order valence-corrected chi connectivity index (χ2v) is 12.2. The van der Waals surface area contributed by atoms with Crippen LogP contribution in [0.25, 0.3) is 11.3 Å². The Bertz CT molecular complexity index is 1440. The molecular weight excluding hydrogens is 544 g/mol. The molecule has 0 aliphatic carbocycles. The fourth-order valence-electron chi connectivity index (χ4n) is 5.64. The molecule has 1 aromatic carbocycles. The van der Waals surface area contributed by atoms with Gasteiger partial charge < -0.3 is 30.7 Å². The number of likely N-dealkylation sites (tertiary alicyclic amines) is 1. The number of phenols is 1. The summed E-state index contributed by atoms with van der Waals surface area (Å²) in [5.74, 6) is 1.81. The number of anilines is 2. The van der Waals surface area contributed by atoms with Gasteiger partial charge in [-0.2, -0.15) is 0 Å². The molecule has 0 atom stereocenters. The Morgan fingerprint density at radius 1 is 1.05 bits per heavy atom. The van der Waals surface area contributed by atoms with Crippen LogP contribution in [-0.2, 0) is 4.74 Å². The second-order valence-electron chi connectivity index (χ2n) is 12.2. The van der Waals surface area contributed by atoms with E-state index in [1.54, 1.807) is 19.2 Å². The molecule has 0 unspecified atom stereocenters. The zero-order valence-corrected chi connectivity index (χ0v) is 25.5. The van der Waals surface area contributed by atoms with E-state index in [-0.39, 0.29) is 17.9 Å². The maximum absolute atomic E-state index is 12.4. The van der Waals surface area contributed by atoms with Crippen molar-refractivity contribution in [1.29, 1.82) is 0 Å². The molecule has 43 heavy (non-hydrogen) atoms. The summed E-state index contributed by atoms with van der Waals surface area (Å²) in [4.78, 5) is 25.5. The summed E-state index contributed by atoms with van der Waals surface area (Å²) in [6.07, 6.45) is 5.39. The summed E-state index contributed by atoms with van der Waals surface area (Å²) in [6, 6.07) is 13.4. The number of nitrogens with one attached hydrogen (secondary N) is 1. The van der Waals surface area contributed by atoms with E-state index in [1.807, 2.05) is 50.1 Å². The molecule has 2 aliphatic rings. The van der Waals surface area contributed by atoms with Crippen LogP contribution in [0, 0.1) is 0 Å². The quantitative estimate of drug-likeness (QED) is 0.275. The first kappa shape index (κ1) is 30.1. The molecular formula is C32H42N8O3. The summed E-state index contributed by atoms with van der Waals surface area (Å²) >= 11 is 0. The number of nitrogens with zero attached hydrogens (tertiary/aromatic N) is 6. The lowest BCUT2D eigenvalue weighted by Crippen LogP contribution is -2.41. The molecule has 1 amide bonds. The van der Waals surface area contributed by atoms with Gasteiger partial charge >= 0.3 is 6.09 Å². The number of carbonyl (C=O) groups is 1. The number of pyridine rings is 1. The third kappa shape index (κ3) is 7.33. The summed E-state index contributed by atoms with van der Waals surface area (Å²) in [7, 11) is 1.63. The SMILES string of the molecule is CN=C(N)c1nnc(-c2ccccc2O)cc1NC1CCN(c2ccc(C3CCN(C(=O)OC(C)(C)C)CC3)cn2)CC1. The van der Waals surface area contributed by atoms with Crippen molar-refractivity contribution in [3.05, 3.63) is 59.9 Å². The molecule has 4 N–H and O–H groups in total. The minimum atomic E-state index is -0.480. The van der Waals surface area contributed by atoms with Gasteiger partial charge in [0.15, 0.2) is 5.69 Å². The lowest BCUT2D eigenvalue weighted by Gasteiger charge is -2.35. The highest BCUT2D eigenvalue weighted by molar-refractivity contribution is 6.00.